The Labute approximate surface area is 188 Å². The highest BCUT2D eigenvalue weighted by atomic mass is 35.5. The lowest BCUT2D eigenvalue weighted by molar-refractivity contribution is -0.117. The third-order valence-corrected chi connectivity index (χ3v) is 6.52. The van der Waals surface area contributed by atoms with E-state index in [1.54, 1.807) is 23.1 Å². The van der Waals surface area contributed by atoms with Crippen LogP contribution in [0.1, 0.15) is 18.5 Å². The number of halogens is 1. The van der Waals surface area contributed by atoms with Gasteiger partial charge in [0.15, 0.2) is 4.96 Å². The summed E-state index contributed by atoms with van der Waals surface area (Å²) >= 11 is 7.80. The van der Waals surface area contributed by atoms with Gasteiger partial charge in [0, 0.05) is 41.5 Å². The average molecular weight is 451 g/mol. The number of hydrogen-bond donors (Lipinski definition) is 1. The molecule has 31 heavy (non-hydrogen) atoms. The maximum atomic E-state index is 12.8. The highest BCUT2D eigenvalue weighted by Gasteiger charge is 2.22. The normalized spacial score (nSPS) is 13.8. The molecule has 1 fully saturated rings. The summed E-state index contributed by atoms with van der Waals surface area (Å²) in [5, 5.41) is 5.27. The summed E-state index contributed by atoms with van der Waals surface area (Å²) < 4.78 is 1.95. The van der Waals surface area contributed by atoms with Crippen LogP contribution in [-0.2, 0) is 16.0 Å². The minimum atomic E-state index is -0.179. The Kier molecular flexibility index (Phi) is 5.21. The first kappa shape index (κ1) is 19.8. The van der Waals surface area contributed by atoms with Crippen LogP contribution in [0.2, 0.25) is 5.02 Å². The molecule has 4 aromatic rings. The van der Waals surface area contributed by atoms with Gasteiger partial charge in [0.05, 0.1) is 22.8 Å². The molecule has 6 nitrogen and oxygen atoms in total. The average Bonchev–Trinajstić information content (AvgIpc) is 3.48. The second-order valence-electron chi connectivity index (χ2n) is 7.41. The van der Waals surface area contributed by atoms with Crippen molar-refractivity contribution in [1.29, 1.82) is 0 Å². The molecule has 0 bridgehead atoms. The third kappa shape index (κ3) is 3.94. The molecular formula is C23H19ClN4O2S. The summed E-state index contributed by atoms with van der Waals surface area (Å²) in [5.41, 5.74) is 4.02. The monoisotopic (exact) mass is 450 g/mol. The molecule has 0 radical (unpaired) electrons. The van der Waals surface area contributed by atoms with E-state index in [1.807, 2.05) is 46.3 Å². The molecule has 0 atom stereocenters. The zero-order valence-electron chi connectivity index (χ0n) is 16.5. The molecule has 1 saturated heterocycles. The first-order valence-corrected chi connectivity index (χ1v) is 11.2. The van der Waals surface area contributed by atoms with Crippen molar-refractivity contribution in [2.75, 3.05) is 16.8 Å². The summed E-state index contributed by atoms with van der Waals surface area (Å²) in [6.07, 6.45) is 3.53. The minimum absolute atomic E-state index is 0.0922. The predicted octanol–water partition coefficient (Wildman–Crippen LogP) is 5.02. The van der Waals surface area contributed by atoms with Crippen LogP contribution in [0.4, 0.5) is 11.4 Å². The Morgan fingerprint density at radius 3 is 2.81 bits per heavy atom. The Hall–Kier alpha value is -3.16. The molecule has 1 aliphatic heterocycles. The SMILES string of the molecule is O=C(Cc1csc2nc(-c3ccccc3)cn12)Nc1cc(N2CCCC2=O)ccc1Cl. The molecule has 2 amide bonds. The number of hydrogen-bond acceptors (Lipinski definition) is 4. The second kappa shape index (κ2) is 8.17. The highest BCUT2D eigenvalue weighted by molar-refractivity contribution is 7.15. The van der Waals surface area contributed by atoms with E-state index in [-0.39, 0.29) is 18.2 Å². The number of fused-ring (bicyclic) bond motifs is 1. The van der Waals surface area contributed by atoms with Crippen molar-refractivity contribution in [3.63, 3.8) is 0 Å². The van der Waals surface area contributed by atoms with Gasteiger partial charge in [0.2, 0.25) is 11.8 Å². The zero-order chi connectivity index (χ0) is 21.4. The minimum Gasteiger partial charge on any atom is -0.324 e. The summed E-state index contributed by atoms with van der Waals surface area (Å²) in [4.78, 5) is 32.0. The smallest absolute Gasteiger partial charge is 0.230 e. The van der Waals surface area contributed by atoms with Crippen LogP contribution in [-0.4, -0.2) is 27.7 Å². The lowest BCUT2D eigenvalue weighted by Gasteiger charge is -2.17. The molecule has 0 aliphatic carbocycles. The Balaban J connectivity index is 1.34. The van der Waals surface area contributed by atoms with Crippen LogP contribution >= 0.6 is 22.9 Å². The van der Waals surface area contributed by atoms with Gasteiger partial charge in [-0.1, -0.05) is 41.9 Å². The van der Waals surface area contributed by atoms with E-state index in [4.69, 9.17) is 11.6 Å². The fourth-order valence-corrected chi connectivity index (χ4v) is 4.80. The molecule has 8 heteroatoms. The standard InChI is InChI=1S/C23H19ClN4O2S/c24-18-9-8-16(27-10-4-7-22(27)30)11-19(18)25-21(29)12-17-14-31-23-26-20(13-28(17)23)15-5-2-1-3-6-15/h1-3,5-6,8-9,11,13-14H,4,7,10,12H2,(H,25,29). The van der Waals surface area contributed by atoms with Crippen LogP contribution < -0.4 is 10.2 Å². The van der Waals surface area contributed by atoms with Gasteiger partial charge in [0.1, 0.15) is 0 Å². The Bertz CT molecular complexity index is 1280. The third-order valence-electron chi connectivity index (χ3n) is 5.30. The predicted molar refractivity (Wildman–Crippen MR) is 124 cm³/mol. The Morgan fingerprint density at radius 2 is 2.03 bits per heavy atom. The second-order valence-corrected chi connectivity index (χ2v) is 8.65. The van der Waals surface area contributed by atoms with Crippen molar-refractivity contribution in [3.8, 4) is 11.3 Å². The summed E-state index contributed by atoms with van der Waals surface area (Å²) in [5.74, 6) is -0.0870. The molecule has 3 heterocycles. The van der Waals surface area contributed by atoms with Crippen molar-refractivity contribution in [2.24, 2.45) is 0 Å². The molecule has 1 aliphatic rings. The lowest BCUT2D eigenvalue weighted by atomic mass is 10.2. The number of nitrogens with zero attached hydrogens (tertiary/aromatic N) is 3. The van der Waals surface area contributed by atoms with Gasteiger partial charge < -0.3 is 10.2 Å². The van der Waals surface area contributed by atoms with Crippen LogP contribution in [0.3, 0.4) is 0 Å². The largest absolute Gasteiger partial charge is 0.324 e. The number of imidazole rings is 1. The number of benzene rings is 2. The van der Waals surface area contributed by atoms with E-state index in [1.165, 1.54) is 11.3 Å². The van der Waals surface area contributed by atoms with E-state index < -0.39 is 0 Å². The maximum Gasteiger partial charge on any atom is 0.230 e. The van der Waals surface area contributed by atoms with E-state index >= 15 is 0 Å². The van der Waals surface area contributed by atoms with E-state index in [2.05, 4.69) is 10.3 Å². The zero-order valence-corrected chi connectivity index (χ0v) is 18.1. The molecule has 0 saturated carbocycles. The van der Waals surface area contributed by atoms with Crippen molar-refractivity contribution < 1.29 is 9.59 Å². The fourth-order valence-electron chi connectivity index (χ4n) is 3.76. The number of anilines is 2. The van der Waals surface area contributed by atoms with Gasteiger partial charge in [0.25, 0.3) is 0 Å². The molecule has 5 rings (SSSR count). The van der Waals surface area contributed by atoms with E-state index in [0.29, 0.717) is 23.7 Å². The number of nitrogens with one attached hydrogen (secondary N) is 1. The van der Waals surface area contributed by atoms with Crippen molar-refractivity contribution in [2.45, 2.75) is 19.3 Å². The first-order valence-electron chi connectivity index (χ1n) is 9.99. The maximum absolute atomic E-state index is 12.8. The highest BCUT2D eigenvalue weighted by Crippen LogP contribution is 2.30. The Morgan fingerprint density at radius 1 is 1.19 bits per heavy atom. The van der Waals surface area contributed by atoms with Crippen molar-refractivity contribution in [3.05, 3.63) is 70.8 Å². The van der Waals surface area contributed by atoms with Crippen LogP contribution in [0, 0.1) is 0 Å². The number of carbonyl (C=O) groups is 2. The quantitative estimate of drug-likeness (QED) is 0.464. The molecule has 2 aromatic heterocycles. The molecular weight excluding hydrogens is 432 g/mol. The summed E-state index contributed by atoms with van der Waals surface area (Å²) in [7, 11) is 0. The van der Waals surface area contributed by atoms with Crippen molar-refractivity contribution >= 4 is 51.1 Å². The first-order chi connectivity index (χ1) is 15.1. The molecule has 2 aromatic carbocycles. The fraction of sp³-hybridized carbons (Fsp3) is 0.174. The number of aromatic nitrogens is 2. The lowest BCUT2D eigenvalue weighted by Crippen LogP contribution is -2.24. The molecule has 156 valence electrons. The van der Waals surface area contributed by atoms with Gasteiger partial charge in [-0.2, -0.15) is 0 Å². The van der Waals surface area contributed by atoms with Gasteiger partial charge in [-0.05, 0) is 24.6 Å². The van der Waals surface area contributed by atoms with Gasteiger partial charge in [-0.25, -0.2) is 4.98 Å². The number of rotatable bonds is 5. The van der Waals surface area contributed by atoms with Crippen molar-refractivity contribution in [1.82, 2.24) is 9.38 Å². The molecule has 0 unspecified atom stereocenters. The summed E-state index contributed by atoms with van der Waals surface area (Å²) in [6, 6.07) is 15.2. The van der Waals surface area contributed by atoms with Crippen LogP contribution in [0.15, 0.2) is 60.1 Å². The van der Waals surface area contributed by atoms with E-state index in [9.17, 15) is 9.59 Å². The molecule has 0 spiro atoms. The van der Waals surface area contributed by atoms with Crippen LogP contribution in [0.5, 0.6) is 0 Å². The number of thiazole rings is 1. The summed E-state index contributed by atoms with van der Waals surface area (Å²) in [6.45, 7) is 0.686. The number of carbonyl (C=O) groups excluding carboxylic acids is 2. The number of amides is 2. The van der Waals surface area contributed by atoms with Gasteiger partial charge >= 0.3 is 0 Å². The van der Waals surface area contributed by atoms with Crippen LogP contribution in [0.25, 0.3) is 16.2 Å². The van der Waals surface area contributed by atoms with Gasteiger partial charge in [-0.3, -0.25) is 14.0 Å². The topological polar surface area (TPSA) is 66.7 Å². The van der Waals surface area contributed by atoms with E-state index in [0.717, 1.165) is 34.0 Å². The van der Waals surface area contributed by atoms with Gasteiger partial charge in [-0.15, -0.1) is 11.3 Å². The molecule has 1 N–H and O–H groups in total.